The summed E-state index contributed by atoms with van der Waals surface area (Å²) < 4.78 is 62.4. The predicted molar refractivity (Wildman–Crippen MR) is 173 cm³/mol. The number of benzene rings is 2. The molecular weight excluding hydrogens is 675 g/mol. The highest BCUT2D eigenvalue weighted by Gasteiger charge is 2.57. The monoisotopic (exact) mass is 715 g/mol. The molecule has 0 aliphatic carbocycles. The lowest BCUT2D eigenvalue weighted by Gasteiger charge is -2.60. The Bertz CT molecular complexity index is 1830. The highest BCUT2D eigenvalue weighted by molar-refractivity contribution is 5.89. The van der Waals surface area contributed by atoms with Gasteiger partial charge in [0.25, 0.3) is 0 Å². The van der Waals surface area contributed by atoms with E-state index in [9.17, 15) is 37.9 Å². The van der Waals surface area contributed by atoms with Crippen LogP contribution in [0.4, 0.5) is 13.2 Å². The van der Waals surface area contributed by atoms with Gasteiger partial charge in [0.2, 0.25) is 12.7 Å². The van der Waals surface area contributed by atoms with Gasteiger partial charge in [0, 0.05) is 47.3 Å². The molecule has 2 bridgehead atoms. The molecule has 4 heterocycles. The summed E-state index contributed by atoms with van der Waals surface area (Å²) in [6.07, 6.45) is -3.83. The van der Waals surface area contributed by atoms with Gasteiger partial charge >= 0.3 is 18.1 Å². The molecule has 2 aromatic carbocycles. The zero-order valence-corrected chi connectivity index (χ0v) is 29.1. The number of nitriles is 1. The molecule has 13 nitrogen and oxygen atoms in total. The number of esters is 1. The van der Waals surface area contributed by atoms with Crippen LogP contribution in [0.15, 0.2) is 6.07 Å². The Morgan fingerprint density at radius 3 is 2.49 bits per heavy atom. The minimum absolute atomic E-state index is 0.0542. The van der Waals surface area contributed by atoms with Gasteiger partial charge in [0.1, 0.15) is 17.8 Å². The van der Waals surface area contributed by atoms with E-state index >= 15 is 0 Å². The summed E-state index contributed by atoms with van der Waals surface area (Å²) in [5.74, 6) is -2.30. The van der Waals surface area contributed by atoms with E-state index in [-0.39, 0.29) is 43.7 Å². The highest BCUT2D eigenvalue weighted by Crippen LogP contribution is 2.58. The van der Waals surface area contributed by atoms with Crippen LogP contribution in [0.1, 0.15) is 72.2 Å². The first kappa shape index (κ1) is 36.1. The van der Waals surface area contributed by atoms with Crippen LogP contribution < -0.4 is 29.6 Å². The molecule has 16 heteroatoms. The number of halogens is 3. The van der Waals surface area contributed by atoms with Crippen LogP contribution in [0, 0.1) is 25.2 Å². The highest BCUT2D eigenvalue weighted by atomic mass is 19.4. The summed E-state index contributed by atoms with van der Waals surface area (Å²) in [6.45, 7) is 6.18. The number of methoxy groups -OCH3 is 1. The van der Waals surface area contributed by atoms with Crippen LogP contribution in [-0.2, 0) is 27.2 Å². The second-order valence-corrected chi connectivity index (χ2v) is 13.4. The number of ether oxygens (including phenoxy) is 4. The predicted octanol–water partition coefficient (Wildman–Crippen LogP) is 3.41. The minimum Gasteiger partial charge on any atom is -0.507 e. The first-order valence-corrected chi connectivity index (χ1v) is 16.7. The number of aryl methyl sites for hydroxylation is 1. The normalized spacial score (nSPS) is 24.0. The molecule has 51 heavy (non-hydrogen) atoms. The van der Waals surface area contributed by atoms with Gasteiger partial charge in [-0.15, -0.1) is 0 Å². The van der Waals surface area contributed by atoms with Gasteiger partial charge in [0.15, 0.2) is 23.0 Å². The van der Waals surface area contributed by atoms with Crippen molar-refractivity contribution in [2.24, 2.45) is 0 Å². The van der Waals surface area contributed by atoms with Crippen LogP contribution in [0.25, 0.3) is 0 Å². The van der Waals surface area contributed by atoms with E-state index in [1.807, 2.05) is 31.9 Å². The second kappa shape index (κ2) is 13.4. The van der Waals surface area contributed by atoms with Crippen molar-refractivity contribution in [3.8, 4) is 34.8 Å². The maximum absolute atomic E-state index is 13.2. The maximum atomic E-state index is 13.2. The zero-order valence-electron chi connectivity index (χ0n) is 29.1. The molecule has 1 saturated heterocycles. The van der Waals surface area contributed by atoms with E-state index in [2.05, 4.69) is 16.3 Å². The number of hydrogen-bond donors (Lipinski definition) is 3. The van der Waals surface area contributed by atoms with Crippen molar-refractivity contribution in [3.05, 3.63) is 39.4 Å². The van der Waals surface area contributed by atoms with Gasteiger partial charge in [-0.25, -0.2) is 0 Å². The SMILES string of the molecule is CCCC(=O)Oc1c(OC)c(C)cc2c1[C@@H]1C3Cc4c(O)c(C)c5c(c4[C@H](CNC(=O)[C@H](C)NC(=O)C(F)(F)F)N3[C@@H](C#N)[C@H](C2)N1C)OCO5. The molecule has 2 aromatic rings. The lowest BCUT2D eigenvalue weighted by atomic mass is 9.71. The molecule has 3 N–H and O–H groups in total. The number of fused-ring (bicyclic) bond motifs is 9. The Hall–Kier alpha value is -4.75. The molecule has 6 atom stereocenters. The largest absolute Gasteiger partial charge is 0.507 e. The smallest absolute Gasteiger partial charge is 0.471 e. The fourth-order valence-electron chi connectivity index (χ4n) is 8.18. The van der Waals surface area contributed by atoms with Gasteiger partial charge in [-0.2, -0.15) is 18.4 Å². The minimum atomic E-state index is -5.18. The number of phenols is 1. The molecule has 2 amide bonds. The van der Waals surface area contributed by atoms with Gasteiger partial charge in [0.05, 0.1) is 25.3 Å². The Morgan fingerprint density at radius 2 is 1.84 bits per heavy atom. The number of phenolic OH excluding ortho intramolecular Hbond substituents is 1. The number of hydrogen-bond acceptors (Lipinski definition) is 11. The molecule has 4 aliphatic rings. The molecule has 0 aromatic heterocycles. The molecule has 1 unspecified atom stereocenters. The number of nitrogens with one attached hydrogen (secondary N) is 2. The van der Waals surface area contributed by atoms with E-state index in [0.29, 0.717) is 52.3 Å². The van der Waals surface area contributed by atoms with Crippen molar-refractivity contribution >= 4 is 17.8 Å². The van der Waals surface area contributed by atoms with E-state index in [1.165, 1.54) is 7.11 Å². The summed E-state index contributed by atoms with van der Waals surface area (Å²) in [7, 11) is 3.39. The van der Waals surface area contributed by atoms with Crippen LogP contribution in [0.2, 0.25) is 0 Å². The van der Waals surface area contributed by atoms with Crippen molar-refractivity contribution in [3.63, 3.8) is 0 Å². The Balaban J connectivity index is 1.50. The van der Waals surface area contributed by atoms with Crippen molar-refractivity contribution in [2.45, 2.75) is 95.8 Å². The average molecular weight is 716 g/mol. The third-order valence-corrected chi connectivity index (χ3v) is 10.4. The van der Waals surface area contributed by atoms with Gasteiger partial charge in [-0.3, -0.25) is 24.2 Å². The van der Waals surface area contributed by atoms with E-state index < -0.39 is 54.2 Å². The number of likely N-dealkylation sites (N-methyl/N-ethyl adjacent to an activating group) is 1. The zero-order chi connectivity index (χ0) is 37.1. The molecular formula is C35H40F3N5O8. The number of aromatic hydroxyl groups is 1. The summed E-state index contributed by atoms with van der Waals surface area (Å²) in [4.78, 5) is 41.8. The number of amides is 2. The van der Waals surface area contributed by atoms with Crippen LogP contribution in [0.3, 0.4) is 0 Å². The van der Waals surface area contributed by atoms with Crippen LogP contribution >= 0.6 is 0 Å². The Kier molecular flexibility index (Phi) is 9.49. The molecule has 1 fully saturated rings. The lowest BCUT2D eigenvalue weighted by Crippen LogP contribution is -2.69. The van der Waals surface area contributed by atoms with Crippen LogP contribution in [-0.4, -0.2) is 90.5 Å². The first-order valence-electron chi connectivity index (χ1n) is 16.7. The Labute approximate surface area is 292 Å². The number of carbonyl (C=O) groups is 3. The number of alkyl halides is 3. The number of nitrogens with zero attached hydrogens (tertiary/aromatic N) is 3. The molecule has 4 aliphatic heterocycles. The summed E-state index contributed by atoms with van der Waals surface area (Å²) in [5.41, 5.74) is 3.76. The van der Waals surface area contributed by atoms with Gasteiger partial charge in [-0.05, 0) is 58.2 Å². The average Bonchev–Trinajstić information content (AvgIpc) is 3.56. The molecule has 0 saturated carbocycles. The van der Waals surface area contributed by atoms with Crippen LogP contribution in [0.5, 0.6) is 28.7 Å². The molecule has 0 spiro atoms. The maximum Gasteiger partial charge on any atom is 0.471 e. The van der Waals surface area contributed by atoms with Crippen molar-refractivity contribution < 1.29 is 51.6 Å². The third-order valence-electron chi connectivity index (χ3n) is 10.4. The topological polar surface area (TPSA) is 163 Å². The van der Waals surface area contributed by atoms with Crippen molar-refractivity contribution in [1.82, 2.24) is 20.4 Å². The van der Waals surface area contributed by atoms with Crippen molar-refractivity contribution in [2.75, 3.05) is 27.5 Å². The fourth-order valence-corrected chi connectivity index (χ4v) is 8.18. The molecule has 6 rings (SSSR count). The second-order valence-electron chi connectivity index (χ2n) is 13.4. The van der Waals surface area contributed by atoms with Crippen molar-refractivity contribution in [1.29, 1.82) is 5.26 Å². The first-order chi connectivity index (χ1) is 24.1. The fraction of sp³-hybridized carbons (Fsp3) is 0.543. The summed E-state index contributed by atoms with van der Waals surface area (Å²) in [6, 6.07) is -0.179. The Morgan fingerprint density at radius 1 is 1.14 bits per heavy atom. The number of piperazine rings is 1. The molecule has 274 valence electrons. The van der Waals surface area contributed by atoms with Gasteiger partial charge < -0.3 is 34.7 Å². The quantitative estimate of drug-likeness (QED) is 0.271. The summed E-state index contributed by atoms with van der Waals surface area (Å²) >= 11 is 0. The van der Waals surface area contributed by atoms with Gasteiger partial charge in [-0.1, -0.05) is 13.0 Å². The molecule has 0 radical (unpaired) electrons. The third kappa shape index (κ3) is 5.95. The van der Waals surface area contributed by atoms with E-state index in [4.69, 9.17) is 18.9 Å². The number of rotatable bonds is 8. The van der Waals surface area contributed by atoms with E-state index in [1.54, 1.807) is 12.2 Å². The lowest BCUT2D eigenvalue weighted by molar-refractivity contribution is -0.174. The summed E-state index contributed by atoms with van der Waals surface area (Å²) in [5, 5.41) is 26.8. The van der Waals surface area contributed by atoms with E-state index in [0.717, 1.165) is 18.1 Å². The number of carbonyl (C=O) groups excluding carboxylic acids is 3. The standard InChI is InChI=1S/C35H40F3N5O8/c1-7-8-24(44)51-32-25-18(9-15(2)29(32)48-6)10-20-22(12-39)43-21(27(25)42(20)5)11-19-26(31-30(49-14-50-31)16(3)28(19)45)23(43)13-40-33(46)17(4)41-34(47)35(36,37)38/h9,17,20-23,27,45H,7-8,10-11,13-14H2,1-6H3,(H,40,46)(H,41,47)/t17-,20-,21?,22-,23-,27-/m0/s1.